The molecule has 0 aliphatic heterocycles. The molecule has 0 heterocycles. The summed E-state index contributed by atoms with van der Waals surface area (Å²) in [4.78, 5) is 31.9. The largest absolute Gasteiger partial charge is 0.480 e. The van der Waals surface area contributed by atoms with E-state index in [1.807, 2.05) is 0 Å². The smallest absolute Gasteiger partial charge is 0.409 e. The van der Waals surface area contributed by atoms with Gasteiger partial charge in [-0.25, -0.2) is 4.79 Å². The highest BCUT2D eigenvalue weighted by molar-refractivity contribution is 5.89. The van der Waals surface area contributed by atoms with Crippen LogP contribution in [0.15, 0.2) is 0 Å². The van der Waals surface area contributed by atoms with Crippen LogP contribution in [0.1, 0.15) is 6.42 Å². The van der Waals surface area contributed by atoms with E-state index in [1.54, 1.807) is 0 Å². The summed E-state index contributed by atoms with van der Waals surface area (Å²) in [6.07, 6.45) is -13.1. The van der Waals surface area contributed by atoms with Crippen molar-refractivity contribution in [1.82, 2.24) is 5.32 Å². The first-order valence-corrected chi connectivity index (χ1v) is 4.71. The fraction of sp³-hybridized carbons (Fsp3) is 0.625. The molecule has 0 aliphatic carbocycles. The molecule has 2 amide bonds. The number of nitrogens with two attached hydrogens (primary N) is 1. The van der Waals surface area contributed by atoms with Crippen molar-refractivity contribution in [2.45, 2.75) is 24.8 Å². The fourth-order valence-corrected chi connectivity index (χ4v) is 1.14. The third kappa shape index (κ3) is 5.32. The van der Waals surface area contributed by atoms with E-state index in [9.17, 15) is 40.7 Å². The summed E-state index contributed by atoms with van der Waals surface area (Å²) in [5, 5.41) is 9.46. The second kappa shape index (κ2) is 5.96. The monoisotopic (exact) mass is 310 g/mol. The van der Waals surface area contributed by atoms with E-state index in [-0.39, 0.29) is 0 Å². The number of carboxylic acids is 1. The Morgan fingerprint density at radius 2 is 1.45 bits per heavy atom. The quantitative estimate of drug-likeness (QED) is 0.629. The van der Waals surface area contributed by atoms with Crippen molar-refractivity contribution in [1.29, 1.82) is 0 Å². The molecule has 0 bridgehead atoms. The van der Waals surface area contributed by atoms with Gasteiger partial charge < -0.3 is 16.2 Å². The van der Waals surface area contributed by atoms with Gasteiger partial charge in [-0.2, -0.15) is 26.3 Å². The topological polar surface area (TPSA) is 109 Å². The van der Waals surface area contributed by atoms with E-state index < -0.39 is 48.5 Å². The Labute approximate surface area is 106 Å². The normalized spacial score (nSPS) is 13.9. The Morgan fingerprint density at radius 3 is 1.70 bits per heavy atom. The van der Waals surface area contributed by atoms with Crippen LogP contribution in [0.5, 0.6) is 0 Å². The van der Waals surface area contributed by atoms with Gasteiger partial charge >= 0.3 is 18.3 Å². The first-order chi connectivity index (χ1) is 8.76. The van der Waals surface area contributed by atoms with Gasteiger partial charge in [0.2, 0.25) is 17.7 Å². The molecule has 116 valence electrons. The number of alkyl halides is 6. The molecule has 0 unspecified atom stereocenters. The van der Waals surface area contributed by atoms with E-state index >= 15 is 0 Å². The van der Waals surface area contributed by atoms with Gasteiger partial charge in [0.25, 0.3) is 0 Å². The molecule has 0 aromatic carbocycles. The van der Waals surface area contributed by atoms with Gasteiger partial charge in [-0.05, 0) is 0 Å². The first-order valence-electron chi connectivity index (χ1n) is 4.71. The van der Waals surface area contributed by atoms with Crippen molar-refractivity contribution >= 4 is 17.8 Å². The van der Waals surface area contributed by atoms with Gasteiger partial charge in [0.15, 0.2) is 0 Å². The van der Waals surface area contributed by atoms with Gasteiger partial charge in [-0.1, -0.05) is 0 Å². The average molecular weight is 310 g/mol. The Balaban J connectivity index is 5.19. The molecule has 0 saturated heterocycles. The van der Waals surface area contributed by atoms with E-state index in [2.05, 4.69) is 5.73 Å². The maximum Gasteiger partial charge on any atom is 0.409 e. The molecule has 0 fully saturated rings. The minimum atomic E-state index is -5.96. The zero-order valence-corrected chi connectivity index (χ0v) is 9.38. The fourth-order valence-electron chi connectivity index (χ4n) is 1.14. The van der Waals surface area contributed by atoms with E-state index in [1.165, 1.54) is 0 Å². The molecule has 0 radical (unpaired) electrons. The summed E-state index contributed by atoms with van der Waals surface area (Å²) in [7, 11) is 0. The number of carbonyl (C=O) groups is 3. The second-order valence-electron chi connectivity index (χ2n) is 3.59. The van der Waals surface area contributed by atoms with Crippen LogP contribution in [0.25, 0.3) is 0 Å². The second-order valence-corrected chi connectivity index (χ2v) is 3.59. The molecule has 0 aromatic rings. The highest BCUT2D eigenvalue weighted by Crippen LogP contribution is 2.39. The lowest BCUT2D eigenvalue weighted by Gasteiger charge is -2.23. The van der Waals surface area contributed by atoms with Crippen LogP contribution < -0.4 is 11.1 Å². The Morgan fingerprint density at radius 1 is 1.05 bits per heavy atom. The lowest BCUT2D eigenvalue weighted by molar-refractivity contribution is -0.274. The Bertz CT molecular complexity index is 391. The van der Waals surface area contributed by atoms with Crippen LogP contribution in [-0.4, -0.2) is 41.3 Å². The van der Waals surface area contributed by atoms with Crippen molar-refractivity contribution in [3.8, 4) is 0 Å². The number of hydrogen-bond acceptors (Lipinski definition) is 3. The maximum atomic E-state index is 12.2. The van der Waals surface area contributed by atoms with Crippen LogP contribution >= 0.6 is 0 Å². The molecule has 1 atom stereocenters. The summed E-state index contributed by atoms with van der Waals surface area (Å²) in [6.45, 7) is 0. The highest BCUT2D eigenvalue weighted by atomic mass is 19.4. The molecule has 6 nitrogen and oxygen atoms in total. The summed E-state index contributed by atoms with van der Waals surface area (Å²) >= 11 is 0. The van der Waals surface area contributed by atoms with Gasteiger partial charge in [-0.15, -0.1) is 0 Å². The van der Waals surface area contributed by atoms with Crippen molar-refractivity contribution in [3.05, 3.63) is 0 Å². The molecule has 4 N–H and O–H groups in total. The molecule has 0 aromatic heterocycles. The van der Waals surface area contributed by atoms with Crippen molar-refractivity contribution < 1.29 is 45.8 Å². The summed E-state index contributed by atoms with van der Waals surface area (Å²) in [6, 6.07) is -2.28. The zero-order chi connectivity index (χ0) is 16.3. The number of nitrogens with one attached hydrogen (secondary N) is 1. The number of primary amides is 1. The van der Waals surface area contributed by atoms with Crippen LogP contribution in [0.4, 0.5) is 26.3 Å². The minimum absolute atomic E-state index is 0.982. The number of halogens is 6. The van der Waals surface area contributed by atoms with Gasteiger partial charge in [-0.3, -0.25) is 9.59 Å². The minimum Gasteiger partial charge on any atom is -0.480 e. The molecular formula is C8H8F6N2O4. The number of aliphatic carboxylic acids is 1. The number of hydrogen-bond donors (Lipinski definition) is 3. The number of carboxylic acid groups (broad SMARTS) is 1. The molecule has 0 saturated carbocycles. The Kier molecular flexibility index (Phi) is 5.36. The number of carbonyl (C=O) groups excluding carboxylic acids is 2. The number of amides is 2. The van der Waals surface area contributed by atoms with Crippen molar-refractivity contribution in [2.24, 2.45) is 11.7 Å². The predicted octanol–water partition coefficient (Wildman–Crippen LogP) is 0.172. The van der Waals surface area contributed by atoms with Gasteiger partial charge in [0, 0.05) is 0 Å². The molecular weight excluding hydrogens is 302 g/mol. The number of rotatable bonds is 5. The Hall–Kier alpha value is -2.01. The van der Waals surface area contributed by atoms with Crippen LogP contribution in [0, 0.1) is 5.92 Å². The molecule has 0 spiro atoms. The summed E-state index contributed by atoms with van der Waals surface area (Å²) < 4.78 is 73.0. The third-order valence-electron chi connectivity index (χ3n) is 1.94. The van der Waals surface area contributed by atoms with E-state index in [0.717, 1.165) is 5.32 Å². The lowest BCUT2D eigenvalue weighted by atomic mass is 10.1. The predicted molar refractivity (Wildman–Crippen MR) is 49.0 cm³/mol. The zero-order valence-electron chi connectivity index (χ0n) is 9.38. The SMILES string of the molecule is NC(=O)C[C@@H](NC(=O)C(C(F)(F)F)C(F)(F)F)C(=O)O. The first kappa shape index (κ1) is 18.0. The van der Waals surface area contributed by atoms with Gasteiger partial charge in [0.05, 0.1) is 6.42 Å². The molecule has 0 rings (SSSR count). The highest BCUT2D eigenvalue weighted by Gasteiger charge is 2.61. The summed E-state index contributed by atoms with van der Waals surface area (Å²) in [5.74, 6) is -10.4. The van der Waals surface area contributed by atoms with Gasteiger partial charge in [0.1, 0.15) is 6.04 Å². The summed E-state index contributed by atoms with van der Waals surface area (Å²) in [5.41, 5.74) is 4.56. The maximum absolute atomic E-state index is 12.2. The van der Waals surface area contributed by atoms with Crippen LogP contribution in [0.3, 0.4) is 0 Å². The molecule has 20 heavy (non-hydrogen) atoms. The van der Waals surface area contributed by atoms with E-state index in [0.29, 0.717) is 0 Å². The van der Waals surface area contributed by atoms with E-state index in [4.69, 9.17) is 5.11 Å². The molecule has 12 heteroatoms. The van der Waals surface area contributed by atoms with Crippen molar-refractivity contribution in [2.75, 3.05) is 0 Å². The lowest BCUT2D eigenvalue weighted by Crippen LogP contribution is -2.53. The average Bonchev–Trinajstić information content (AvgIpc) is 2.09. The van der Waals surface area contributed by atoms with Crippen LogP contribution in [0.2, 0.25) is 0 Å². The van der Waals surface area contributed by atoms with Crippen LogP contribution in [-0.2, 0) is 14.4 Å². The third-order valence-corrected chi connectivity index (χ3v) is 1.94. The standard InChI is InChI=1S/C8H8F6N2O4/c9-7(10,11)4(8(12,13)14)5(18)16-2(6(19)20)1-3(15)17/h2,4H,1H2,(H2,15,17)(H,16,18)(H,19,20)/t2-/m1/s1. The van der Waals surface area contributed by atoms with Crippen molar-refractivity contribution in [3.63, 3.8) is 0 Å². The molecule has 0 aliphatic rings.